The molecule has 0 atom stereocenters. The minimum atomic E-state index is -0.817. The monoisotopic (exact) mass is 328 g/mol. The summed E-state index contributed by atoms with van der Waals surface area (Å²) in [5.74, 6) is -0.0947. The second-order valence-corrected chi connectivity index (χ2v) is 8.18. The van der Waals surface area contributed by atoms with Gasteiger partial charge in [0.25, 0.3) is 0 Å². The van der Waals surface area contributed by atoms with Crippen molar-refractivity contribution < 1.29 is 9.59 Å². The molecule has 3 rings (SSSR count). The third-order valence-electron chi connectivity index (χ3n) is 5.22. The van der Waals surface area contributed by atoms with E-state index in [1.54, 1.807) is 0 Å². The van der Waals surface area contributed by atoms with Gasteiger partial charge in [0.05, 0.1) is 0 Å². The summed E-state index contributed by atoms with van der Waals surface area (Å²) in [6, 6.07) is 7.89. The summed E-state index contributed by atoms with van der Waals surface area (Å²) in [5.41, 5.74) is 1.05. The number of hydrogen-bond acceptors (Lipinski definition) is 2. The van der Waals surface area contributed by atoms with Crippen LogP contribution in [-0.4, -0.2) is 29.8 Å². The van der Waals surface area contributed by atoms with Crippen molar-refractivity contribution in [3.8, 4) is 0 Å². The van der Waals surface area contributed by atoms with Crippen LogP contribution < -0.4 is 5.32 Å². The molecular weight excluding hydrogens is 300 g/mol. The predicted octanol–water partition coefficient (Wildman–Crippen LogP) is 3.72. The van der Waals surface area contributed by atoms with E-state index in [4.69, 9.17) is 0 Å². The van der Waals surface area contributed by atoms with Gasteiger partial charge in [-0.3, -0.25) is 9.59 Å². The van der Waals surface area contributed by atoms with Gasteiger partial charge in [-0.2, -0.15) is 0 Å². The van der Waals surface area contributed by atoms with E-state index in [0.29, 0.717) is 12.8 Å². The average Bonchev–Trinajstić information content (AvgIpc) is 3.36. The lowest BCUT2D eigenvalue weighted by atomic mass is 9.85. The minimum absolute atomic E-state index is 0.0351. The number of anilines is 1. The van der Waals surface area contributed by atoms with Gasteiger partial charge in [-0.25, -0.2) is 0 Å². The lowest BCUT2D eigenvalue weighted by molar-refractivity contribution is -0.143. The standard InChI is InChI=1S/C20H28N2O2/c1-19(2,3)15-9-5-6-10-16(15)21-17(23)20(11-12-20)18(24)22-13-7-4-8-14-22/h5-6,9-10H,4,7-8,11-14H2,1-3H3,(H,21,23). The molecule has 0 aromatic heterocycles. The van der Waals surface area contributed by atoms with Crippen molar-refractivity contribution in [2.45, 2.75) is 58.3 Å². The molecule has 1 heterocycles. The molecule has 0 radical (unpaired) electrons. The first-order chi connectivity index (χ1) is 11.3. The number of likely N-dealkylation sites (tertiary alicyclic amines) is 1. The van der Waals surface area contributed by atoms with E-state index < -0.39 is 5.41 Å². The van der Waals surface area contributed by atoms with Crippen LogP contribution in [0.3, 0.4) is 0 Å². The molecule has 1 aliphatic heterocycles. The van der Waals surface area contributed by atoms with Crippen molar-refractivity contribution in [1.82, 2.24) is 4.90 Å². The molecule has 2 aliphatic rings. The zero-order chi connectivity index (χ0) is 17.4. The highest BCUT2D eigenvalue weighted by Gasteiger charge is 2.58. The van der Waals surface area contributed by atoms with Gasteiger partial charge in [0.15, 0.2) is 0 Å². The molecule has 1 aromatic carbocycles. The summed E-state index contributed by atoms with van der Waals surface area (Å²) >= 11 is 0. The molecule has 0 bridgehead atoms. The Balaban J connectivity index is 1.77. The maximum atomic E-state index is 12.9. The molecule has 4 heteroatoms. The number of benzene rings is 1. The third-order valence-corrected chi connectivity index (χ3v) is 5.22. The molecule has 24 heavy (non-hydrogen) atoms. The third kappa shape index (κ3) is 3.19. The zero-order valence-electron chi connectivity index (χ0n) is 15.0. The van der Waals surface area contributed by atoms with E-state index >= 15 is 0 Å². The van der Waals surface area contributed by atoms with Crippen molar-refractivity contribution in [3.05, 3.63) is 29.8 Å². The van der Waals surface area contributed by atoms with Crippen LogP contribution >= 0.6 is 0 Å². The Morgan fingerprint density at radius 1 is 1.04 bits per heavy atom. The summed E-state index contributed by atoms with van der Waals surface area (Å²) in [6.07, 6.45) is 4.63. The molecule has 0 unspecified atom stereocenters. The van der Waals surface area contributed by atoms with Crippen LogP contribution in [-0.2, 0) is 15.0 Å². The molecule has 1 N–H and O–H groups in total. The first-order valence-electron chi connectivity index (χ1n) is 9.05. The summed E-state index contributed by atoms with van der Waals surface area (Å²) in [5, 5.41) is 3.05. The molecular formula is C20H28N2O2. The van der Waals surface area contributed by atoms with Crippen LogP contribution in [0.15, 0.2) is 24.3 Å². The number of carbonyl (C=O) groups is 2. The van der Waals surface area contributed by atoms with Crippen molar-refractivity contribution in [2.75, 3.05) is 18.4 Å². The van der Waals surface area contributed by atoms with E-state index in [1.807, 2.05) is 29.2 Å². The van der Waals surface area contributed by atoms with Crippen LogP contribution in [0.2, 0.25) is 0 Å². The van der Waals surface area contributed by atoms with Crippen LogP contribution in [0, 0.1) is 5.41 Å². The van der Waals surface area contributed by atoms with Crippen LogP contribution in [0.1, 0.15) is 58.4 Å². The fraction of sp³-hybridized carbons (Fsp3) is 0.600. The van der Waals surface area contributed by atoms with E-state index in [1.165, 1.54) is 6.42 Å². The summed E-state index contributed by atoms with van der Waals surface area (Å²) in [6.45, 7) is 7.98. The van der Waals surface area contributed by atoms with Gasteiger partial charge >= 0.3 is 0 Å². The average molecular weight is 328 g/mol. The fourth-order valence-corrected chi connectivity index (χ4v) is 3.55. The predicted molar refractivity (Wildman–Crippen MR) is 95.9 cm³/mol. The van der Waals surface area contributed by atoms with E-state index in [9.17, 15) is 9.59 Å². The summed E-state index contributed by atoms with van der Waals surface area (Å²) in [4.78, 5) is 27.7. The number of hydrogen-bond donors (Lipinski definition) is 1. The highest BCUT2D eigenvalue weighted by molar-refractivity contribution is 6.13. The van der Waals surface area contributed by atoms with E-state index in [-0.39, 0.29) is 17.2 Å². The van der Waals surface area contributed by atoms with Gasteiger partial charge in [-0.15, -0.1) is 0 Å². The lowest BCUT2D eigenvalue weighted by Gasteiger charge is -2.30. The molecule has 0 spiro atoms. The zero-order valence-corrected chi connectivity index (χ0v) is 15.0. The minimum Gasteiger partial charge on any atom is -0.342 e. The second kappa shape index (κ2) is 6.23. The van der Waals surface area contributed by atoms with Crippen molar-refractivity contribution in [2.24, 2.45) is 5.41 Å². The Morgan fingerprint density at radius 2 is 1.67 bits per heavy atom. The van der Waals surface area contributed by atoms with Gasteiger partial charge in [-0.05, 0) is 49.1 Å². The Kier molecular flexibility index (Phi) is 4.41. The number of carbonyl (C=O) groups excluding carboxylic acids is 2. The molecule has 2 fully saturated rings. The van der Waals surface area contributed by atoms with Crippen LogP contribution in [0.5, 0.6) is 0 Å². The number of amides is 2. The topological polar surface area (TPSA) is 49.4 Å². The largest absolute Gasteiger partial charge is 0.342 e. The van der Waals surface area contributed by atoms with Gasteiger partial charge in [0.1, 0.15) is 5.41 Å². The molecule has 1 saturated heterocycles. The van der Waals surface area contributed by atoms with Crippen LogP contribution in [0.4, 0.5) is 5.69 Å². The SMILES string of the molecule is CC(C)(C)c1ccccc1NC(=O)C1(C(=O)N2CCCCC2)CC1. The Labute approximate surface area is 144 Å². The first-order valence-corrected chi connectivity index (χ1v) is 9.05. The van der Waals surface area contributed by atoms with Crippen molar-refractivity contribution >= 4 is 17.5 Å². The van der Waals surface area contributed by atoms with Crippen LogP contribution in [0.25, 0.3) is 0 Å². The number of piperidine rings is 1. The Bertz CT molecular complexity index is 635. The number of para-hydroxylation sites is 1. The highest BCUT2D eigenvalue weighted by atomic mass is 16.2. The summed E-state index contributed by atoms with van der Waals surface area (Å²) in [7, 11) is 0. The smallest absolute Gasteiger partial charge is 0.240 e. The molecule has 2 amide bonds. The number of rotatable bonds is 3. The van der Waals surface area contributed by atoms with Gasteiger partial charge in [0.2, 0.25) is 11.8 Å². The van der Waals surface area contributed by atoms with Crippen molar-refractivity contribution in [1.29, 1.82) is 0 Å². The maximum Gasteiger partial charge on any atom is 0.240 e. The number of nitrogens with one attached hydrogen (secondary N) is 1. The van der Waals surface area contributed by atoms with Crippen molar-refractivity contribution in [3.63, 3.8) is 0 Å². The molecule has 4 nitrogen and oxygen atoms in total. The van der Waals surface area contributed by atoms with Gasteiger partial charge in [-0.1, -0.05) is 39.0 Å². The fourth-order valence-electron chi connectivity index (χ4n) is 3.55. The van der Waals surface area contributed by atoms with E-state index in [0.717, 1.165) is 37.2 Å². The molecule has 1 aliphatic carbocycles. The molecule has 1 saturated carbocycles. The quantitative estimate of drug-likeness (QED) is 0.860. The molecule has 130 valence electrons. The first kappa shape index (κ1) is 17.0. The highest BCUT2D eigenvalue weighted by Crippen LogP contribution is 2.48. The Morgan fingerprint density at radius 3 is 2.25 bits per heavy atom. The Hall–Kier alpha value is -1.84. The normalized spacial score (nSPS) is 19.7. The summed E-state index contributed by atoms with van der Waals surface area (Å²) < 4.78 is 0. The molecule has 1 aromatic rings. The van der Waals surface area contributed by atoms with Gasteiger partial charge < -0.3 is 10.2 Å². The lowest BCUT2D eigenvalue weighted by Crippen LogP contribution is -2.45. The number of nitrogens with zero attached hydrogens (tertiary/aromatic N) is 1. The van der Waals surface area contributed by atoms with Gasteiger partial charge in [0, 0.05) is 18.8 Å². The second-order valence-electron chi connectivity index (χ2n) is 8.18. The van der Waals surface area contributed by atoms with E-state index in [2.05, 4.69) is 26.1 Å². The maximum absolute atomic E-state index is 12.9.